The van der Waals surface area contributed by atoms with Gasteiger partial charge in [0.15, 0.2) is 0 Å². The molecule has 1 aromatic rings. The molecule has 0 aromatic heterocycles. The highest BCUT2D eigenvalue weighted by molar-refractivity contribution is 9.10. The molecule has 88 valence electrons. The van der Waals surface area contributed by atoms with Crippen molar-refractivity contribution < 1.29 is 9.90 Å². The van der Waals surface area contributed by atoms with E-state index in [-0.39, 0.29) is 5.92 Å². The van der Waals surface area contributed by atoms with Crippen LogP contribution in [0.4, 0.5) is 5.69 Å². The van der Waals surface area contributed by atoms with Gasteiger partial charge in [0.05, 0.1) is 0 Å². The summed E-state index contributed by atoms with van der Waals surface area (Å²) in [6.45, 7) is 3.78. The third kappa shape index (κ3) is 3.42. The van der Waals surface area contributed by atoms with Gasteiger partial charge in [-0.1, -0.05) is 29.8 Å². The summed E-state index contributed by atoms with van der Waals surface area (Å²) in [6.07, 6.45) is 0. The first-order chi connectivity index (χ1) is 7.41. The number of hydrogen-bond acceptors (Lipinski definition) is 3. The van der Waals surface area contributed by atoms with Crippen LogP contribution in [-0.2, 0) is 4.79 Å². The summed E-state index contributed by atoms with van der Waals surface area (Å²) in [5.41, 5.74) is 6.41. The van der Waals surface area contributed by atoms with Crippen molar-refractivity contribution in [1.29, 1.82) is 0 Å². The summed E-state index contributed by atoms with van der Waals surface area (Å²) < 4.78 is 0.900. The number of aliphatic carboxylic acids is 1. The molecule has 0 bridgehead atoms. The van der Waals surface area contributed by atoms with Crippen LogP contribution in [-0.4, -0.2) is 16.3 Å². The number of carboxylic acids is 1. The van der Waals surface area contributed by atoms with E-state index in [1.807, 2.05) is 26.0 Å². The van der Waals surface area contributed by atoms with Crippen molar-refractivity contribution in [1.82, 2.24) is 0 Å². The van der Waals surface area contributed by atoms with E-state index < -0.39 is 11.2 Å². The molecule has 1 unspecified atom stereocenters. The lowest BCUT2D eigenvalue weighted by atomic mass is 10.1. The molecule has 0 amide bonds. The Kier molecular flexibility index (Phi) is 4.68. The summed E-state index contributed by atoms with van der Waals surface area (Å²) >= 11 is 4.64. The van der Waals surface area contributed by atoms with Crippen LogP contribution in [0.2, 0.25) is 0 Å². The average Bonchev–Trinajstić information content (AvgIpc) is 2.18. The van der Waals surface area contributed by atoms with Gasteiger partial charge in [-0.3, -0.25) is 4.79 Å². The van der Waals surface area contributed by atoms with Gasteiger partial charge in [-0.15, -0.1) is 11.8 Å². The molecule has 0 heterocycles. The number of nitrogen functional groups attached to an aromatic ring is 1. The molecule has 3 N–H and O–H groups in total. The summed E-state index contributed by atoms with van der Waals surface area (Å²) in [7, 11) is 0. The van der Waals surface area contributed by atoms with Crippen molar-refractivity contribution in [3.05, 3.63) is 22.7 Å². The molecule has 0 fully saturated rings. The quantitative estimate of drug-likeness (QED) is 0.662. The first kappa shape index (κ1) is 13.4. The van der Waals surface area contributed by atoms with Gasteiger partial charge in [0.2, 0.25) is 0 Å². The van der Waals surface area contributed by atoms with Gasteiger partial charge in [-0.05, 0) is 24.1 Å². The summed E-state index contributed by atoms with van der Waals surface area (Å²) in [6, 6.07) is 5.45. The zero-order valence-electron chi connectivity index (χ0n) is 9.11. The first-order valence-electron chi connectivity index (χ1n) is 4.86. The van der Waals surface area contributed by atoms with Crippen LogP contribution in [0, 0.1) is 5.92 Å². The number of hydrogen-bond donors (Lipinski definition) is 2. The molecule has 0 radical (unpaired) electrons. The summed E-state index contributed by atoms with van der Waals surface area (Å²) in [5.74, 6) is -0.750. The van der Waals surface area contributed by atoms with Crippen LogP contribution in [0.5, 0.6) is 0 Å². The molecule has 0 aliphatic carbocycles. The van der Waals surface area contributed by atoms with Crippen LogP contribution in [0.3, 0.4) is 0 Å². The van der Waals surface area contributed by atoms with Gasteiger partial charge >= 0.3 is 5.97 Å². The van der Waals surface area contributed by atoms with Crippen molar-refractivity contribution in [2.45, 2.75) is 24.0 Å². The predicted octanol–water partition coefficient (Wildman–Crippen LogP) is 3.23. The number of carboxylic acid groups (broad SMARTS) is 1. The molecule has 0 saturated carbocycles. The molecule has 5 heteroatoms. The minimum Gasteiger partial charge on any atom is -0.480 e. The Morgan fingerprint density at radius 2 is 2.12 bits per heavy atom. The van der Waals surface area contributed by atoms with Gasteiger partial charge in [0.1, 0.15) is 5.25 Å². The van der Waals surface area contributed by atoms with E-state index in [1.165, 1.54) is 11.8 Å². The van der Waals surface area contributed by atoms with Crippen LogP contribution in [0.15, 0.2) is 27.6 Å². The van der Waals surface area contributed by atoms with E-state index in [1.54, 1.807) is 6.07 Å². The van der Waals surface area contributed by atoms with Crippen molar-refractivity contribution in [2.75, 3.05) is 5.73 Å². The minimum atomic E-state index is -0.806. The molecule has 1 aromatic carbocycles. The van der Waals surface area contributed by atoms with Gasteiger partial charge in [-0.25, -0.2) is 0 Å². The second-order valence-corrected chi connectivity index (χ2v) is 5.90. The van der Waals surface area contributed by atoms with E-state index in [2.05, 4.69) is 15.9 Å². The van der Waals surface area contributed by atoms with Crippen LogP contribution in [0.25, 0.3) is 0 Å². The standard InChI is InChI=1S/C11H14BrNO2S/c1-6(2)10(11(14)15)16-9-5-7(12)3-4-8(9)13/h3-6,10H,13H2,1-2H3,(H,14,15). The molecule has 0 aliphatic heterocycles. The maximum Gasteiger partial charge on any atom is 0.317 e. The highest BCUT2D eigenvalue weighted by Crippen LogP contribution is 2.34. The smallest absolute Gasteiger partial charge is 0.317 e. The summed E-state index contributed by atoms with van der Waals surface area (Å²) in [4.78, 5) is 11.9. The maximum absolute atomic E-state index is 11.1. The zero-order chi connectivity index (χ0) is 12.3. The van der Waals surface area contributed by atoms with Gasteiger partial charge in [-0.2, -0.15) is 0 Å². The number of rotatable bonds is 4. The minimum absolute atomic E-state index is 0.0564. The molecule has 3 nitrogen and oxygen atoms in total. The number of carbonyl (C=O) groups is 1. The van der Waals surface area contributed by atoms with Gasteiger partial charge < -0.3 is 10.8 Å². The number of thioether (sulfide) groups is 1. The fourth-order valence-electron chi connectivity index (χ4n) is 1.22. The molecular formula is C11H14BrNO2S. The van der Waals surface area contributed by atoms with E-state index in [9.17, 15) is 4.79 Å². The molecule has 16 heavy (non-hydrogen) atoms. The van der Waals surface area contributed by atoms with Crippen molar-refractivity contribution in [3.63, 3.8) is 0 Å². The number of halogens is 1. The lowest BCUT2D eigenvalue weighted by Crippen LogP contribution is -2.22. The lowest BCUT2D eigenvalue weighted by Gasteiger charge is -2.16. The molecule has 0 aliphatic rings. The monoisotopic (exact) mass is 303 g/mol. The van der Waals surface area contributed by atoms with Crippen LogP contribution >= 0.6 is 27.7 Å². The fourth-order valence-corrected chi connectivity index (χ4v) is 2.78. The van der Waals surface area contributed by atoms with Crippen molar-refractivity contribution in [3.8, 4) is 0 Å². The molecular weight excluding hydrogens is 290 g/mol. The van der Waals surface area contributed by atoms with Crippen LogP contribution in [0.1, 0.15) is 13.8 Å². The summed E-state index contributed by atoms with van der Waals surface area (Å²) in [5, 5.41) is 8.62. The second kappa shape index (κ2) is 5.59. The number of anilines is 1. The Morgan fingerprint density at radius 1 is 1.50 bits per heavy atom. The van der Waals surface area contributed by atoms with Crippen molar-refractivity contribution in [2.24, 2.45) is 5.92 Å². The maximum atomic E-state index is 11.1. The molecule has 1 atom stereocenters. The lowest BCUT2D eigenvalue weighted by molar-refractivity contribution is -0.137. The van der Waals surface area contributed by atoms with Gasteiger partial charge in [0, 0.05) is 15.1 Å². The SMILES string of the molecule is CC(C)C(Sc1cc(Br)ccc1N)C(=O)O. The second-order valence-electron chi connectivity index (χ2n) is 3.80. The largest absolute Gasteiger partial charge is 0.480 e. The molecule has 1 rings (SSSR count). The highest BCUT2D eigenvalue weighted by atomic mass is 79.9. The topological polar surface area (TPSA) is 63.3 Å². The van der Waals surface area contributed by atoms with E-state index in [0.717, 1.165) is 9.37 Å². The van der Waals surface area contributed by atoms with E-state index >= 15 is 0 Å². The van der Waals surface area contributed by atoms with Crippen molar-refractivity contribution >= 4 is 39.3 Å². The zero-order valence-corrected chi connectivity index (χ0v) is 11.5. The highest BCUT2D eigenvalue weighted by Gasteiger charge is 2.23. The first-order valence-corrected chi connectivity index (χ1v) is 6.53. The Morgan fingerprint density at radius 3 is 2.62 bits per heavy atom. The normalized spacial score (nSPS) is 12.8. The van der Waals surface area contributed by atoms with E-state index in [0.29, 0.717) is 5.69 Å². The van der Waals surface area contributed by atoms with Gasteiger partial charge in [0.25, 0.3) is 0 Å². The molecule has 0 spiro atoms. The third-order valence-corrected chi connectivity index (χ3v) is 4.18. The van der Waals surface area contributed by atoms with E-state index in [4.69, 9.17) is 10.8 Å². The molecule has 0 saturated heterocycles. The van der Waals surface area contributed by atoms with Crippen LogP contribution < -0.4 is 5.73 Å². The average molecular weight is 304 g/mol. The Hall–Kier alpha value is -0.680. The predicted molar refractivity (Wildman–Crippen MR) is 70.7 cm³/mol. The third-order valence-electron chi connectivity index (χ3n) is 2.08. The fraction of sp³-hybridized carbons (Fsp3) is 0.364. The Labute approximate surface area is 108 Å². The number of nitrogens with two attached hydrogens (primary N) is 1. The Balaban J connectivity index is 2.93. The Bertz CT molecular complexity index is 396. The number of benzene rings is 1.